The summed E-state index contributed by atoms with van der Waals surface area (Å²) >= 11 is 0. The molecule has 0 N–H and O–H groups in total. The second-order valence-corrected chi connectivity index (χ2v) is 5.53. The van der Waals surface area contributed by atoms with Gasteiger partial charge in [-0.05, 0) is 37.7 Å². The molecular weight excluding hydrogens is 256 g/mol. The van der Waals surface area contributed by atoms with Crippen LogP contribution >= 0.6 is 0 Å². The molecule has 0 spiro atoms. The van der Waals surface area contributed by atoms with Gasteiger partial charge in [-0.25, -0.2) is 0 Å². The summed E-state index contributed by atoms with van der Waals surface area (Å²) in [7, 11) is 0. The van der Waals surface area contributed by atoms with Gasteiger partial charge in [0, 0.05) is 6.07 Å². The van der Waals surface area contributed by atoms with Crippen LogP contribution in [0.25, 0.3) is 0 Å². The summed E-state index contributed by atoms with van der Waals surface area (Å²) in [6.45, 7) is 2.45. The summed E-state index contributed by atoms with van der Waals surface area (Å²) in [5.74, 6) is 2.73. The lowest BCUT2D eigenvalue weighted by molar-refractivity contribution is 0.109. The van der Waals surface area contributed by atoms with Crippen molar-refractivity contribution in [3.63, 3.8) is 0 Å². The van der Waals surface area contributed by atoms with E-state index in [0.29, 0.717) is 22.8 Å². The SMILES string of the molecule is CCC1CCC(Oc2cc3c(cc2C=O)OCO3)CC1. The van der Waals surface area contributed by atoms with Crippen molar-refractivity contribution < 1.29 is 19.0 Å². The number of carbonyl (C=O) groups excluding carboxylic acids is 1. The summed E-state index contributed by atoms with van der Waals surface area (Å²) in [6.07, 6.45) is 6.81. The maximum absolute atomic E-state index is 11.2. The third kappa shape index (κ3) is 2.60. The topological polar surface area (TPSA) is 44.8 Å². The first kappa shape index (κ1) is 13.3. The molecule has 4 nitrogen and oxygen atoms in total. The number of fused-ring (bicyclic) bond motifs is 1. The lowest BCUT2D eigenvalue weighted by Gasteiger charge is -2.28. The van der Waals surface area contributed by atoms with Crippen LogP contribution in [0.2, 0.25) is 0 Å². The van der Waals surface area contributed by atoms with Crippen molar-refractivity contribution in [2.75, 3.05) is 6.79 Å². The Labute approximate surface area is 119 Å². The Morgan fingerprint density at radius 2 is 1.90 bits per heavy atom. The van der Waals surface area contributed by atoms with Crippen LogP contribution in [0.1, 0.15) is 49.4 Å². The Bertz CT molecular complexity index is 489. The fourth-order valence-corrected chi connectivity index (χ4v) is 2.97. The van der Waals surface area contributed by atoms with Crippen molar-refractivity contribution >= 4 is 6.29 Å². The van der Waals surface area contributed by atoms with E-state index in [1.165, 1.54) is 19.3 Å². The van der Waals surface area contributed by atoms with E-state index in [0.717, 1.165) is 25.0 Å². The molecule has 0 amide bonds. The number of benzene rings is 1. The average molecular weight is 276 g/mol. The summed E-state index contributed by atoms with van der Waals surface area (Å²) in [6, 6.07) is 3.47. The minimum absolute atomic E-state index is 0.205. The Kier molecular flexibility index (Phi) is 3.81. The zero-order valence-electron chi connectivity index (χ0n) is 11.8. The predicted octanol–water partition coefficient (Wildman–Crippen LogP) is 3.58. The average Bonchev–Trinajstić information content (AvgIpc) is 2.94. The molecular formula is C16H20O4. The van der Waals surface area contributed by atoms with Crippen molar-refractivity contribution in [2.24, 2.45) is 5.92 Å². The highest BCUT2D eigenvalue weighted by Gasteiger charge is 2.24. The fourth-order valence-electron chi connectivity index (χ4n) is 2.97. The van der Waals surface area contributed by atoms with Gasteiger partial charge in [-0.3, -0.25) is 4.79 Å². The van der Waals surface area contributed by atoms with Crippen molar-refractivity contribution in [3.05, 3.63) is 17.7 Å². The first-order valence-corrected chi connectivity index (χ1v) is 7.35. The Morgan fingerprint density at radius 3 is 2.55 bits per heavy atom. The van der Waals surface area contributed by atoms with Crippen LogP contribution in [0.5, 0.6) is 17.2 Å². The second-order valence-electron chi connectivity index (χ2n) is 5.53. The van der Waals surface area contributed by atoms with Crippen LogP contribution in [0.15, 0.2) is 12.1 Å². The van der Waals surface area contributed by atoms with Crippen molar-refractivity contribution in [2.45, 2.75) is 45.1 Å². The molecule has 0 atom stereocenters. The van der Waals surface area contributed by atoms with E-state index in [4.69, 9.17) is 14.2 Å². The molecule has 0 radical (unpaired) electrons. The monoisotopic (exact) mass is 276 g/mol. The molecule has 1 fully saturated rings. The van der Waals surface area contributed by atoms with Crippen LogP contribution in [-0.2, 0) is 0 Å². The van der Waals surface area contributed by atoms with Gasteiger partial charge in [0.25, 0.3) is 0 Å². The van der Waals surface area contributed by atoms with Crippen LogP contribution in [-0.4, -0.2) is 19.2 Å². The van der Waals surface area contributed by atoms with Crippen LogP contribution in [0, 0.1) is 5.92 Å². The van der Waals surface area contributed by atoms with Gasteiger partial charge in [0.1, 0.15) is 5.75 Å². The van der Waals surface area contributed by atoms with E-state index < -0.39 is 0 Å². The molecule has 0 unspecified atom stereocenters. The lowest BCUT2D eigenvalue weighted by atomic mass is 9.86. The van der Waals surface area contributed by atoms with Gasteiger partial charge < -0.3 is 14.2 Å². The summed E-state index contributed by atoms with van der Waals surface area (Å²) < 4.78 is 16.7. The van der Waals surface area contributed by atoms with Gasteiger partial charge in [-0.1, -0.05) is 13.3 Å². The van der Waals surface area contributed by atoms with Crippen molar-refractivity contribution in [1.29, 1.82) is 0 Å². The van der Waals surface area contributed by atoms with E-state index in [1.807, 2.05) is 0 Å². The Hall–Kier alpha value is -1.71. The van der Waals surface area contributed by atoms with E-state index in [-0.39, 0.29) is 12.9 Å². The number of aldehydes is 1. The summed E-state index contributed by atoms with van der Waals surface area (Å²) in [5, 5.41) is 0. The maximum Gasteiger partial charge on any atom is 0.231 e. The normalized spacial score (nSPS) is 24.4. The molecule has 0 saturated heterocycles. The highest BCUT2D eigenvalue weighted by atomic mass is 16.7. The minimum Gasteiger partial charge on any atom is -0.490 e. The van der Waals surface area contributed by atoms with Gasteiger partial charge in [0.15, 0.2) is 17.8 Å². The standard InChI is InChI=1S/C16H20O4/c1-2-11-3-5-13(6-4-11)20-14-8-16-15(18-10-19-16)7-12(14)9-17/h7-9,11,13H,2-6,10H2,1H3. The molecule has 1 saturated carbocycles. The summed E-state index contributed by atoms with van der Waals surface area (Å²) in [5.41, 5.74) is 0.534. The molecule has 4 heteroatoms. The third-order valence-electron chi connectivity index (χ3n) is 4.30. The predicted molar refractivity (Wildman–Crippen MR) is 74.6 cm³/mol. The molecule has 3 rings (SSSR count). The van der Waals surface area contributed by atoms with Crippen molar-refractivity contribution in [3.8, 4) is 17.2 Å². The van der Waals surface area contributed by atoms with Crippen LogP contribution in [0.4, 0.5) is 0 Å². The van der Waals surface area contributed by atoms with E-state index >= 15 is 0 Å². The maximum atomic E-state index is 11.2. The number of carbonyl (C=O) groups is 1. The molecule has 2 aliphatic rings. The van der Waals surface area contributed by atoms with Crippen molar-refractivity contribution in [1.82, 2.24) is 0 Å². The van der Waals surface area contributed by atoms with Crippen LogP contribution in [0.3, 0.4) is 0 Å². The first-order chi connectivity index (χ1) is 9.80. The van der Waals surface area contributed by atoms with Gasteiger partial charge in [-0.15, -0.1) is 0 Å². The number of ether oxygens (including phenoxy) is 3. The van der Waals surface area contributed by atoms with Gasteiger partial charge >= 0.3 is 0 Å². The third-order valence-corrected chi connectivity index (χ3v) is 4.30. The second kappa shape index (κ2) is 5.73. The first-order valence-electron chi connectivity index (χ1n) is 7.35. The van der Waals surface area contributed by atoms with Gasteiger partial charge in [-0.2, -0.15) is 0 Å². The Balaban J connectivity index is 1.72. The number of hydrogen-bond acceptors (Lipinski definition) is 4. The molecule has 108 valence electrons. The number of rotatable bonds is 4. The van der Waals surface area contributed by atoms with Crippen LogP contribution < -0.4 is 14.2 Å². The van der Waals surface area contributed by atoms with E-state index in [1.54, 1.807) is 12.1 Å². The largest absolute Gasteiger partial charge is 0.490 e. The highest BCUT2D eigenvalue weighted by Crippen LogP contribution is 2.39. The molecule has 1 aliphatic heterocycles. The fraction of sp³-hybridized carbons (Fsp3) is 0.562. The quantitative estimate of drug-likeness (QED) is 0.788. The molecule has 20 heavy (non-hydrogen) atoms. The zero-order chi connectivity index (χ0) is 13.9. The zero-order valence-corrected chi connectivity index (χ0v) is 11.8. The smallest absolute Gasteiger partial charge is 0.231 e. The highest BCUT2D eigenvalue weighted by molar-refractivity contribution is 5.81. The molecule has 1 heterocycles. The summed E-state index contributed by atoms with van der Waals surface area (Å²) in [4.78, 5) is 11.2. The molecule has 0 bridgehead atoms. The minimum atomic E-state index is 0.205. The number of hydrogen-bond donors (Lipinski definition) is 0. The lowest BCUT2D eigenvalue weighted by Crippen LogP contribution is -2.24. The van der Waals surface area contributed by atoms with E-state index in [9.17, 15) is 4.79 Å². The van der Waals surface area contributed by atoms with Gasteiger partial charge in [0.05, 0.1) is 11.7 Å². The molecule has 1 aliphatic carbocycles. The van der Waals surface area contributed by atoms with Gasteiger partial charge in [0.2, 0.25) is 6.79 Å². The molecule has 1 aromatic rings. The molecule has 0 aromatic heterocycles. The Morgan fingerprint density at radius 1 is 1.20 bits per heavy atom. The molecule has 1 aromatic carbocycles. The van der Waals surface area contributed by atoms with E-state index in [2.05, 4.69) is 6.92 Å².